The van der Waals surface area contributed by atoms with E-state index in [2.05, 4.69) is 58.0 Å². The number of aromatic amines is 1. The molecule has 1 fully saturated rings. The average Bonchev–Trinajstić information content (AvgIpc) is 3.42. The Bertz CT molecular complexity index is 1200. The van der Waals surface area contributed by atoms with E-state index in [1.54, 1.807) is 0 Å². The van der Waals surface area contributed by atoms with Crippen molar-refractivity contribution < 1.29 is 9.53 Å². The van der Waals surface area contributed by atoms with Gasteiger partial charge in [0.05, 0.1) is 0 Å². The van der Waals surface area contributed by atoms with Crippen LogP contribution < -0.4 is 10.1 Å². The fourth-order valence-corrected chi connectivity index (χ4v) is 6.80. The van der Waals surface area contributed by atoms with Crippen LogP contribution in [0.4, 0.5) is 0 Å². The lowest BCUT2D eigenvalue weighted by Gasteiger charge is -2.44. The molecule has 5 nitrogen and oxygen atoms in total. The lowest BCUT2D eigenvalue weighted by Crippen LogP contribution is -2.34. The molecule has 3 aromatic rings. The first-order valence-corrected chi connectivity index (χ1v) is 12.8. The van der Waals surface area contributed by atoms with Crippen molar-refractivity contribution >= 4 is 5.91 Å². The monoisotopic (exact) mass is 455 g/mol. The molecular weight excluding hydrogens is 422 g/mol. The van der Waals surface area contributed by atoms with Crippen molar-refractivity contribution in [2.75, 3.05) is 0 Å². The second-order valence-corrected chi connectivity index (χ2v) is 10.6. The Morgan fingerprint density at radius 2 is 1.91 bits per heavy atom. The highest BCUT2D eigenvalue weighted by molar-refractivity contribution is 5.94. The highest BCUT2D eigenvalue weighted by Gasteiger charge is 2.48. The van der Waals surface area contributed by atoms with E-state index in [0.717, 1.165) is 25.0 Å². The molecule has 2 aromatic carbocycles. The summed E-state index contributed by atoms with van der Waals surface area (Å²) >= 11 is 0. The van der Waals surface area contributed by atoms with Gasteiger partial charge in [0.25, 0.3) is 5.91 Å². The number of H-pyrrole nitrogens is 1. The number of amides is 1. The van der Waals surface area contributed by atoms with Crippen molar-refractivity contribution in [2.24, 2.45) is 11.8 Å². The van der Waals surface area contributed by atoms with Gasteiger partial charge in [0, 0.05) is 23.2 Å². The van der Waals surface area contributed by atoms with Crippen LogP contribution in [0, 0.1) is 11.8 Å². The summed E-state index contributed by atoms with van der Waals surface area (Å²) in [4.78, 5) is 12.7. The summed E-state index contributed by atoms with van der Waals surface area (Å²) in [6.07, 6.45) is 5.67. The maximum atomic E-state index is 12.7. The molecule has 3 aliphatic carbocycles. The third-order valence-electron chi connectivity index (χ3n) is 8.23. The largest absolute Gasteiger partial charge is 0.489 e. The molecule has 1 amide bonds. The molecule has 0 spiro atoms. The summed E-state index contributed by atoms with van der Waals surface area (Å²) < 4.78 is 6.11. The molecule has 0 bridgehead atoms. The minimum Gasteiger partial charge on any atom is -0.489 e. The predicted molar refractivity (Wildman–Crippen MR) is 132 cm³/mol. The van der Waals surface area contributed by atoms with Gasteiger partial charge in [0.1, 0.15) is 12.4 Å². The van der Waals surface area contributed by atoms with Gasteiger partial charge in [-0.25, -0.2) is 0 Å². The van der Waals surface area contributed by atoms with E-state index in [1.807, 2.05) is 19.9 Å². The number of benzene rings is 2. The Hall–Kier alpha value is -3.08. The molecule has 6 rings (SSSR count). The molecular formula is C29H33N3O2. The molecule has 0 radical (unpaired) electrons. The number of aryl methyl sites for hydroxylation is 1. The van der Waals surface area contributed by atoms with Gasteiger partial charge in [0.2, 0.25) is 0 Å². The molecule has 1 saturated carbocycles. The van der Waals surface area contributed by atoms with Crippen LogP contribution in [0.3, 0.4) is 0 Å². The number of rotatable bonds is 5. The minimum atomic E-state index is -0.0419. The molecule has 0 aliphatic heterocycles. The highest BCUT2D eigenvalue weighted by Crippen LogP contribution is 2.57. The zero-order chi connectivity index (χ0) is 23.2. The maximum Gasteiger partial charge on any atom is 0.272 e. The van der Waals surface area contributed by atoms with Crippen LogP contribution in [-0.4, -0.2) is 22.1 Å². The van der Waals surface area contributed by atoms with E-state index >= 15 is 0 Å². The van der Waals surface area contributed by atoms with Gasteiger partial charge in [-0.2, -0.15) is 5.10 Å². The number of nitrogens with zero attached hydrogens (tertiary/aromatic N) is 1. The van der Waals surface area contributed by atoms with Crippen LogP contribution in [0.1, 0.15) is 83.4 Å². The zero-order valence-electron chi connectivity index (χ0n) is 20.0. The number of ether oxygens (including phenoxy) is 1. The van der Waals surface area contributed by atoms with E-state index in [-0.39, 0.29) is 11.9 Å². The van der Waals surface area contributed by atoms with E-state index in [4.69, 9.17) is 4.74 Å². The highest BCUT2D eigenvalue weighted by atomic mass is 16.5. The summed E-state index contributed by atoms with van der Waals surface area (Å²) in [5, 5.41) is 10.7. The van der Waals surface area contributed by atoms with Crippen molar-refractivity contribution in [1.82, 2.24) is 15.5 Å². The number of hydrogen-bond donors (Lipinski definition) is 2. The quantitative estimate of drug-likeness (QED) is 0.532. The lowest BCUT2D eigenvalue weighted by atomic mass is 9.60. The van der Waals surface area contributed by atoms with Crippen LogP contribution in [0.2, 0.25) is 0 Å². The van der Waals surface area contributed by atoms with Gasteiger partial charge in [0.15, 0.2) is 5.69 Å². The third kappa shape index (κ3) is 3.71. The normalized spacial score (nSPS) is 24.7. The predicted octanol–water partition coefficient (Wildman–Crippen LogP) is 5.52. The van der Waals surface area contributed by atoms with Crippen molar-refractivity contribution in [3.8, 4) is 5.75 Å². The van der Waals surface area contributed by atoms with Crippen molar-refractivity contribution in [3.63, 3.8) is 0 Å². The van der Waals surface area contributed by atoms with Gasteiger partial charge in [-0.3, -0.25) is 9.89 Å². The van der Waals surface area contributed by atoms with E-state index in [1.165, 1.54) is 40.8 Å². The molecule has 5 heteroatoms. The summed E-state index contributed by atoms with van der Waals surface area (Å²) in [5.74, 6) is 3.33. The minimum absolute atomic E-state index is 0.0419. The van der Waals surface area contributed by atoms with Gasteiger partial charge < -0.3 is 10.1 Å². The van der Waals surface area contributed by atoms with Crippen LogP contribution >= 0.6 is 0 Å². The average molecular weight is 456 g/mol. The fourth-order valence-electron chi connectivity index (χ4n) is 6.80. The number of aromatic nitrogens is 2. The van der Waals surface area contributed by atoms with Crippen LogP contribution in [-0.2, 0) is 19.4 Å². The number of hydrogen-bond acceptors (Lipinski definition) is 3. The van der Waals surface area contributed by atoms with E-state index in [9.17, 15) is 4.79 Å². The fraction of sp³-hybridized carbons (Fsp3) is 0.448. The van der Waals surface area contributed by atoms with Gasteiger partial charge in [-0.05, 0) is 92.5 Å². The number of carbonyl (C=O) groups excluding carboxylic acids is 1. The number of carbonyl (C=O) groups is 1. The molecule has 1 heterocycles. The smallest absolute Gasteiger partial charge is 0.272 e. The van der Waals surface area contributed by atoms with Gasteiger partial charge in [-0.1, -0.05) is 36.4 Å². The van der Waals surface area contributed by atoms with Crippen molar-refractivity contribution in [2.45, 2.75) is 70.4 Å². The Kier molecular flexibility index (Phi) is 5.43. The van der Waals surface area contributed by atoms with Crippen LogP contribution in [0.25, 0.3) is 0 Å². The molecule has 1 aromatic heterocycles. The molecule has 0 saturated heterocycles. The molecule has 34 heavy (non-hydrogen) atoms. The molecule has 2 N–H and O–H groups in total. The number of fused-ring (bicyclic) bond motifs is 7. The van der Waals surface area contributed by atoms with Crippen molar-refractivity contribution in [3.05, 3.63) is 82.2 Å². The second-order valence-electron chi connectivity index (χ2n) is 10.6. The molecule has 176 valence electrons. The Labute approximate surface area is 201 Å². The van der Waals surface area contributed by atoms with Crippen LogP contribution in [0.15, 0.2) is 48.5 Å². The van der Waals surface area contributed by atoms with Crippen molar-refractivity contribution in [1.29, 1.82) is 0 Å². The summed E-state index contributed by atoms with van der Waals surface area (Å²) in [7, 11) is 0. The Morgan fingerprint density at radius 1 is 1.09 bits per heavy atom. The molecule has 4 unspecified atom stereocenters. The maximum absolute atomic E-state index is 12.7. The summed E-state index contributed by atoms with van der Waals surface area (Å²) in [5.41, 5.74) is 7.19. The Morgan fingerprint density at radius 3 is 2.74 bits per heavy atom. The SMILES string of the molecule is CC(C)NC(=O)c1n[nH]c2c1CC1C2CCC2c3ccc(OCc4ccccc4)cc3CCC21. The lowest BCUT2D eigenvalue weighted by molar-refractivity contribution is 0.0936. The third-order valence-corrected chi connectivity index (χ3v) is 8.23. The first-order chi connectivity index (χ1) is 16.6. The van der Waals surface area contributed by atoms with Gasteiger partial charge >= 0.3 is 0 Å². The summed E-state index contributed by atoms with van der Waals surface area (Å²) in [6.45, 7) is 4.59. The Balaban J connectivity index is 1.19. The van der Waals surface area contributed by atoms with E-state index in [0.29, 0.717) is 36.0 Å². The summed E-state index contributed by atoms with van der Waals surface area (Å²) in [6, 6.07) is 17.2. The second kappa shape index (κ2) is 8.61. The standard InChI is InChI=1S/C29H33N3O2/c1-17(2)30-29(33)28-26-15-25-23-10-8-19-14-20(34-16-18-6-4-3-5-7-18)9-11-21(19)22(23)12-13-24(25)27(26)31-32-28/h3-7,9,11,14,17,22-25H,8,10,12-13,15-16H2,1-2H3,(H,30,33)(H,31,32). The first kappa shape index (κ1) is 21.5. The topological polar surface area (TPSA) is 67.0 Å². The first-order valence-electron chi connectivity index (χ1n) is 12.8. The van der Waals surface area contributed by atoms with Gasteiger partial charge in [-0.15, -0.1) is 0 Å². The molecule has 4 atom stereocenters. The zero-order valence-corrected chi connectivity index (χ0v) is 20.0. The van der Waals surface area contributed by atoms with E-state index < -0.39 is 0 Å². The molecule has 3 aliphatic rings. The number of nitrogens with one attached hydrogen (secondary N) is 2. The van der Waals surface area contributed by atoms with Crippen LogP contribution in [0.5, 0.6) is 5.75 Å².